The Labute approximate surface area is 169 Å². The van der Waals surface area contributed by atoms with Crippen molar-refractivity contribution < 1.29 is 14.6 Å². The molecule has 10 heteroatoms. The van der Waals surface area contributed by atoms with Crippen molar-refractivity contribution in [2.45, 2.75) is 44.7 Å². The van der Waals surface area contributed by atoms with Crippen LogP contribution >= 0.6 is 12.2 Å². The summed E-state index contributed by atoms with van der Waals surface area (Å²) < 4.78 is 13.2. The number of nitrogens with two attached hydrogens (primary N) is 1. The van der Waals surface area contributed by atoms with E-state index in [1.54, 1.807) is 16.8 Å². The molecule has 5 N–H and O–H groups in total. The average molecular weight is 407 g/mol. The van der Waals surface area contributed by atoms with Gasteiger partial charge in [0.2, 0.25) is 0 Å². The summed E-state index contributed by atoms with van der Waals surface area (Å²) in [5.74, 6) is 0.683. The van der Waals surface area contributed by atoms with E-state index < -0.39 is 6.10 Å². The van der Waals surface area contributed by atoms with Crippen molar-refractivity contribution in [1.29, 1.82) is 0 Å². The Hall–Kier alpha value is -2.43. The fraction of sp³-hybridized carbons (Fsp3) is 0.500. The van der Waals surface area contributed by atoms with Gasteiger partial charge in [0.05, 0.1) is 37.6 Å². The second-order valence-corrected chi connectivity index (χ2v) is 7.07. The van der Waals surface area contributed by atoms with E-state index in [1.165, 1.54) is 0 Å². The molecule has 3 atom stereocenters. The Balaban J connectivity index is 1.46. The molecule has 1 aliphatic rings. The monoisotopic (exact) mass is 406 g/mol. The van der Waals surface area contributed by atoms with Gasteiger partial charge in [0.1, 0.15) is 18.1 Å². The summed E-state index contributed by atoms with van der Waals surface area (Å²) in [6, 6.07) is 7.01. The molecule has 0 amide bonds. The molecule has 0 saturated carbocycles. The summed E-state index contributed by atoms with van der Waals surface area (Å²) in [6.45, 7) is 3.87. The highest BCUT2D eigenvalue weighted by Gasteiger charge is 2.30. The first-order valence-corrected chi connectivity index (χ1v) is 9.65. The molecule has 1 saturated heterocycles. The number of aliphatic hydroxyl groups is 1. The van der Waals surface area contributed by atoms with Crippen LogP contribution in [0.25, 0.3) is 0 Å². The van der Waals surface area contributed by atoms with E-state index in [-0.39, 0.29) is 12.1 Å². The molecule has 0 spiro atoms. The highest BCUT2D eigenvalue weighted by atomic mass is 32.1. The fourth-order valence-electron chi connectivity index (χ4n) is 2.96. The molecule has 3 rings (SSSR count). The number of rotatable bonds is 7. The van der Waals surface area contributed by atoms with Crippen molar-refractivity contribution in [1.82, 2.24) is 25.6 Å². The quantitative estimate of drug-likeness (QED) is 0.383. The lowest BCUT2D eigenvalue weighted by molar-refractivity contribution is -0.0685. The van der Waals surface area contributed by atoms with Gasteiger partial charge in [-0.05, 0) is 31.3 Å². The normalized spacial score (nSPS) is 21.9. The largest absolute Gasteiger partial charge is 0.487 e. The van der Waals surface area contributed by atoms with Gasteiger partial charge in [-0.2, -0.15) is 0 Å². The van der Waals surface area contributed by atoms with Crippen LogP contribution in [0.4, 0.5) is 5.69 Å². The van der Waals surface area contributed by atoms with Gasteiger partial charge in [0.25, 0.3) is 0 Å². The highest BCUT2D eigenvalue weighted by molar-refractivity contribution is 7.80. The number of thiocarbonyl (C=S) groups is 1. The number of nitrogens with zero attached hydrogens (tertiary/aromatic N) is 3. The Kier molecular flexibility index (Phi) is 7.01. The van der Waals surface area contributed by atoms with Crippen LogP contribution in [0.5, 0.6) is 5.75 Å². The Morgan fingerprint density at radius 1 is 1.50 bits per heavy atom. The Morgan fingerprint density at radius 3 is 3.11 bits per heavy atom. The van der Waals surface area contributed by atoms with Gasteiger partial charge in [0, 0.05) is 24.7 Å². The van der Waals surface area contributed by atoms with Gasteiger partial charge in [-0.1, -0.05) is 11.3 Å². The number of anilines is 1. The van der Waals surface area contributed by atoms with E-state index in [0.29, 0.717) is 48.4 Å². The summed E-state index contributed by atoms with van der Waals surface area (Å²) >= 11 is 5.16. The number of aromatic nitrogens is 3. The minimum Gasteiger partial charge on any atom is -0.487 e. The molecule has 2 heterocycles. The molecule has 1 aliphatic heterocycles. The second-order valence-electron chi connectivity index (χ2n) is 6.66. The third-order valence-corrected chi connectivity index (χ3v) is 4.62. The summed E-state index contributed by atoms with van der Waals surface area (Å²) in [7, 11) is 0. The molecular weight excluding hydrogens is 380 g/mol. The maximum Gasteiger partial charge on any atom is 0.166 e. The molecule has 152 valence electrons. The Bertz CT molecular complexity index is 786. The van der Waals surface area contributed by atoms with Gasteiger partial charge in [-0.25, -0.2) is 4.68 Å². The second kappa shape index (κ2) is 9.67. The van der Waals surface area contributed by atoms with Crippen molar-refractivity contribution in [3.8, 4) is 5.75 Å². The molecular formula is C18H26N6O3S. The number of nitrogen functional groups attached to an aromatic ring is 1. The summed E-state index contributed by atoms with van der Waals surface area (Å²) in [4.78, 5) is 0. The molecule has 0 aliphatic carbocycles. The van der Waals surface area contributed by atoms with Gasteiger partial charge in [0.15, 0.2) is 5.11 Å². The number of nitrogens with one attached hydrogen (secondary N) is 2. The molecule has 1 fully saturated rings. The van der Waals surface area contributed by atoms with Crippen molar-refractivity contribution in [2.24, 2.45) is 0 Å². The Morgan fingerprint density at radius 2 is 2.36 bits per heavy atom. The van der Waals surface area contributed by atoms with E-state index in [2.05, 4.69) is 20.9 Å². The average Bonchev–Trinajstić information content (AvgIpc) is 3.10. The molecule has 0 radical (unpaired) electrons. The zero-order valence-corrected chi connectivity index (χ0v) is 16.6. The van der Waals surface area contributed by atoms with Crippen LogP contribution in [0.3, 0.4) is 0 Å². The number of hydrogen-bond acceptors (Lipinski definition) is 7. The lowest BCUT2D eigenvalue weighted by Gasteiger charge is -2.34. The van der Waals surface area contributed by atoms with E-state index >= 15 is 0 Å². The van der Waals surface area contributed by atoms with Gasteiger partial charge >= 0.3 is 0 Å². The zero-order valence-electron chi connectivity index (χ0n) is 15.7. The molecule has 2 aromatic rings. The van der Waals surface area contributed by atoms with E-state index in [9.17, 15) is 5.11 Å². The predicted molar refractivity (Wildman–Crippen MR) is 109 cm³/mol. The minimum absolute atomic E-state index is 0.148. The lowest BCUT2D eigenvalue weighted by Crippen LogP contribution is -2.54. The minimum atomic E-state index is -0.551. The molecule has 3 unspecified atom stereocenters. The third kappa shape index (κ3) is 5.78. The smallest absolute Gasteiger partial charge is 0.166 e. The van der Waals surface area contributed by atoms with Crippen LogP contribution in [0, 0.1) is 0 Å². The lowest BCUT2D eigenvalue weighted by atomic mass is 10.0. The van der Waals surface area contributed by atoms with Crippen molar-refractivity contribution in [2.75, 3.05) is 18.9 Å². The third-order valence-electron chi connectivity index (χ3n) is 4.36. The molecule has 1 aromatic heterocycles. The predicted octanol–water partition coefficient (Wildman–Crippen LogP) is 0.442. The van der Waals surface area contributed by atoms with Crippen LogP contribution < -0.4 is 21.1 Å². The van der Waals surface area contributed by atoms with Gasteiger partial charge in [-0.15, -0.1) is 5.10 Å². The number of hydrogen-bond donors (Lipinski definition) is 4. The van der Waals surface area contributed by atoms with Gasteiger partial charge < -0.3 is 30.9 Å². The zero-order chi connectivity index (χ0) is 19.9. The van der Waals surface area contributed by atoms with Gasteiger partial charge in [-0.3, -0.25) is 0 Å². The molecule has 0 bridgehead atoms. The molecule has 1 aromatic carbocycles. The first-order chi connectivity index (χ1) is 13.5. The first-order valence-electron chi connectivity index (χ1n) is 9.25. The number of benzene rings is 1. The van der Waals surface area contributed by atoms with Crippen molar-refractivity contribution in [3.05, 3.63) is 36.2 Å². The van der Waals surface area contributed by atoms with Crippen LogP contribution in [0.1, 0.15) is 19.0 Å². The summed E-state index contributed by atoms with van der Waals surface area (Å²) in [6.07, 6.45) is 1.60. The van der Waals surface area contributed by atoms with Crippen LogP contribution in [-0.4, -0.2) is 56.6 Å². The van der Waals surface area contributed by atoms with E-state index in [0.717, 1.165) is 6.54 Å². The maximum absolute atomic E-state index is 10.4. The number of aliphatic hydroxyl groups excluding tert-OH is 1. The number of ether oxygens (including phenoxy) is 2. The summed E-state index contributed by atoms with van der Waals surface area (Å²) in [5.41, 5.74) is 7.09. The first kappa shape index (κ1) is 20.3. The SMILES string of the molecule is CCNC(=S)NC1COC(Cn2cc(COc3cccc(N)c3)nn2)CC1O. The highest BCUT2D eigenvalue weighted by Crippen LogP contribution is 2.17. The fourth-order valence-corrected chi connectivity index (χ4v) is 3.26. The standard InChI is InChI=1S/C18H26N6O3S/c1-2-20-18(28)21-16-11-27-15(7-17(16)25)9-24-8-13(22-23-24)10-26-14-5-3-4-12(19)6-14/h3-6,8,15-17,25H,2,7,9-11,19H2,1H3,(H2,20,21,28). The summed E-state index contributed by atoms with van der Waals surface area (Å²) in [5, 5.41) is 25.2. The van der Waals surface area contributed by atoms with Crippen LogP contribution in [-0.2, 0) is 17.9 Å². The topological polar surface area (TPSA) is 119 Å². The van der Waals surface area contributed by atoms with Crippen molar-refractivity contribution >= 4 is 23.0 Å². The van der Waals surface area contributed by atoms with Crippen LogP contribution in [0.15, 0.2) is 30.5 Å². The molecule has 9 nitrogen and oxygen atoms in total. The van der Waals surface area contributed by atoms with E-state index in [4.69, 9.17) is 27.4 Å². The van der Waals surface area contributed by atoms with Crippen molar-refractivity contribution in [3.63, 3.8) is 0 Å². The maximum atomic E-state index is 10.4. The molecule has 28 heavy (non-hydrogen) atoms. The van der Waals surface area contributed by atoms with E-state index in [1.807, 2.05) is 25.3 Å². The van der Waals surface area contributed by atoms with Crippen LogP contribution in [0.2, 0.25) is 0 Å².